The van der Waals surface area contributed by atoms with Crippen LogP contribution in [0.3, 0.4) is 0 Å². The molecular weight excluding hydrogens is 158 g/mol. The van der Waals surface area contributed by atoms with Crippen molar-refractivity contribution in [1.82, 2.24) is 0 Å². The van der Waals surface area contributed by atoms with E-state index in [0.717, 1.165) is 38.4 Å². The van der Waals surface area contributed by atoms with Crippen LogP contribution in [-0.4, -0.2) is 31.3 Å². The summed E-state index contributed by atoms with van der Waals surface area (Å²) in [5, 5.41) is 0. The van der Waals surface area contributed by atoms with Crippen LogP contribution in [0.5, 0.6) is 0 Å². The highest BCUT2D eigenvalue weighted by atomic mass is 32.2. The summed E-state index contributed by atoms with van der Waals surface area (Å²) in [4.78, 5) is 0. The molecule has 0 heterocycles. The smallest absolute Gasteiger partial charge is 0.0556 e. The van der Waals surface area contributed by atoms with Crippen LogP contribution in [0, 0.1) is 0 Å². The summed E-state index contributed by atoms with van der Waals surface area (Å²) < 4.78 is 5.31. The van der Waals surface area contributed by atoms with E-state index in [9.17, 15) is 0 Å². The van der Waals surface area contributed by atoms with Crippen molar-refractivity contribution in [2.75, 3.05) is 31.3 Å². The maximum Gasteiger partial charge on any atom is 0.0556 e. The van der Waals surface area contributed by atoms with Crippen molar-refractivity contribution in [3.63, 3.8) is 0 Å². The van der Waals surface area contributed by atoms with E-state index in [4.69, 9.17) is 10.5 Å². The molecule has 0 aromatic carbocycles. The van der Waals surface area contributed by atoms with Crippen LogP contribution in [0.25, 0.3) is 0 Å². The van der Waals surface area contributed by atoms with Gasteiger partial charge in [-0.15, -0.1) is 0 Å². The van der Waals surface area contributed by atoms with Crippen LogP contribution in [0.2, 0.25) is 0 Å². The summed E-state index contributed by atoms with van der Waals surface area (Å²) in [6.07, 6.45) is 2.24. The summed E-state index contributed by atoms with van der Waals surface area (Å²) in [5.41, 5.74) is 5.35. The maximum atomic E-state index is 5.35. The average molecular weight is 177 g/mol. The van der Waals surface area contributed by atoms with Gasteiger partial charge in [0.25, 0.3) is 0 Å². The van der Waals surface area contributed by atoms with Crippen molar-refractivity contribution < 1.29 is 4.74 Å². The first-order chi connectivity index (χ1) is 5.41. The molecule has 68 valence electrons. The number of rotatable bonds is 8. The van der Waals surface area contributed by atoms with Gasteiger partial charge in [0, 0.05) is 12.4 Å². The summed E-state index contributed by atoms with van der Waals surface area (Å²) in [5.74, 6) is 2.28. The van der Waals surface area contributed by atoms with Crippen molar-refractivity contribution >= 4 is 11.8 Å². The predicted molar refractivity (Wildman–Crippen MR) is 52.1 cm³/mol. The molecular formula is C8H19NOS. The Kier molecular flexibility index (Phi) is 10.5. The van der Waals surface area contributed by atoms with Gasteiger partial charge in [-0.1, -0.05) is 6.92 Å². The monoisotopic (exact) mass is 177 g/mol. The quantitative estimate of drug-likeness (QED) is 0.571. The third-order valence-corrected chi connectivity index (χ3v) is 2.25. The molecule has 0 aliphatic heterocycles. The minimum atomic E-state index is 0.808. The lowest BCUT2D eigenvalue weighted by molar-refractivity contribution is 0.151. The van der Waals surface area contributed by atoms with Crippen molar-refractivity contribution in [1.29, 1.82) is 0 Å². The molecule has 0 aliphatic carbocycles. The number of thioether (sulfide) groups is 1. The van der Waals surface area contributed by atoms with Gasteiger partial charge in [-0.3, -0.25) is 0 Å². The van der Waals surface area contributed by atoms with Gasteiger partial charge in [-0.2, -0.15) is 11.8 Å². The van der Waals surface area contributed by atoms with Gasteiger partial charge in [0.1, 0.15) is 0 Å². The number of nitrogens with two attached hydrogens (primary N) is 1. The Hall–Kier alpha value is 0.270. The lowest BCUT2D eigenvalue weighted by Crippen LogP contribution is -2.02. The van der Waals surface area contributed by atoms with E-state index < -0.39 is 0 Å². The van der Waals surface area contributed by atoms with Crippen LogP contribution in [-0.2, 0) is 4.74 Å². The predicted octanol–water partition coefficient (Wildman–Crippen LogP) is 1.50. The highest BCUT2D eigenvalue weighted by molar-refractivity contribution is 7.99. The minimum Gasteiger partial charge on any atom is -0.381 e. The molecule has 3 heteroatoms. The molecule has 0 unspecified atom stereocenters. The molecule has 11 heavy (non-hydrogen) atoms. The summed E-state index contributed by atoms with van der Waals surface area (Å²) in [7, 11) is 0. The molecule has 0 fully saturated rings. The average Bonchev–Trinajstić information content (AvgIpc) is 2.03. The summed E-state index contributed by atoms with van der Waals surface area (Å²) >= 11 is 1.92. The van der Waals surface area contributed by atoms with Crippen molar-refractivity contribution in [2.24, 2.45) is 5.73 Å². The molecule has 0 amide bonds. The molecule has 0 aromatic rings. The van der Waals surface area contributed by atoms with E-state index >= 15 is 0 Å². The zero-order valence-corrected chi connectivity index (χ0v) is 8.16. The highest BCUT2D eigenvalue weighted by Gasteiger charge is 1.88. The first kappa shape index (κ1) is 11.3. The standard InChI is InChI=1S/C8H19NOS/c1-2-5-10-6-8-11-7-3-4-9/h2-9H2,1H3. The zero-order valence-electron chi connectivity index (χ0n) is 7.34. The summed E-state index contributed by atoms with van der Waals surface area (Å²) in [6, 6.07) is 0. The molecule has 0 aromatic heterocycles. The van der Waals surface area contributed by atoms with E-state index in [1.54, 1.807) is 0 Å². The fourth-order valence-electron chi connectivity index (χ4n) is 0.652. The van der Waals surface area contributed by atoms with Gasteiger partial charge in [-0.05, 0) is 25.1 Å². The molecule has 0 bridgehead atoms. The van der Waals surface area contributed by atoms with E-state index in [1.165, 1.54) is 5.75 Å². The third-order valence-electron chi connectivity index (χ3n) is 1.21. The molecule has 2 N–H and O–H groups in total. The molecule has 0 saturated heterocycles. The van der Waals surface area contributed by atoms with Crippen molar-refractivity contribution in [2.45, 2.75) is 19.8 Å². The van der Waals surface area contributed by atoms with E-state index in [1.807, 2.05) is 11.8 Å². The zero-order chi connectivity index (χ0) is 8.36. The second kappa shape index (κ2) is 10.3. The SMILES string of the molecule is CCCOCCSCCCN. The molecule has 0 aliphatic rings. The Morgan fingerprint density at radius 1 is 1.27 bits per heavy atom. The fourth-order valence-corrected chi connectivity index (χ4v) is 1.46. The van der Waals surface area contributed by atoms with E-state index in [-0.39, 0.29) is 0 Å². The van der Waals surface area contributed by atoms with Gasteiger partial charge in [0.05, 0.1) is 6.61 Å². The Bertz CT molecular complexity index is 63.1. The van der Waals surface area contributed by atoms with Gasteiger partial charge < -0.3 is 10.5 Å². The van der Waals surface area contributed by atoms with Crippen molar-refractivity contribution in [3.05, 3.63) is 0 Å². The van der Waals surface area contributed by atoms with Crippen LogP contribution >= 0.6 is 11.8 Å². The van der Waals surface area contributed by atoms with E-state index in [2.05, 4.69) is 6.92 Å². The second-order valence-electron chi connectivity index (χ2n) is 2.37. The largest absolute Gasteiger partial charge is 0.381 e. The van der Waals surface area contributed by atoms with Gasteiger partial charge in [0.2, 0.25) is 0 Å². The van der Waals surface area contributed by atoms with Gasteiger partial charge in [0.15, 0.2) is 0 Å². The van der Waals surface area contributed by atoms with Crippen LogP contribution in [0.4, 0.5) is 0 Å². The lowest BCUT2D eigenvalue weighted by atomic mass is 10.5. The van der Waals surface area contributed by atoms with E-state index in [0.29, 0.717) is 0 Å². The topological polar surface area (TPSA) is 35.2 Å². The number of ether oxygens (including phenoxy) is 1. The lowest BCUT2D eigenvalue weighted by Gasteiger charge is -2.01. The molecule has 0 rings (SSSR count). The maximum absolute atomic E-state index is 5.35. The molecule has 0 spiro atoms. The number of hydrogen-bond acceptors (Lipinski definition) is 3. The Morgan fingerprint density at radius 2 is 2.09 bits per heavy atom. The first-order valence-corrected chi connectivity index (χ1v) is 5.42. The highest BCUT2D eigenvalue weighted by Crippen LogP contribution is 2.00. The van der Waals surface area contributed by atoms with Gasteiger partial charge >= 0.3 is 0 Å². The Morgan fingerprint density at radius 3 is 2.73 bits per heavy atom. The molecule has 0 radical (unpaired) electrons. The Labute approximate surface area is 73.9 Å². The van der Waals surface area contributed by atoms with Gasteiger partial charge in [-0.25, -0.2) is 0 Å². The Balaban J connectivity index is 2.69. The third kappa shape index (κ3) is 10.3. The van der Waals surface area contributed by atoms with Crippen LogP contribution in [0.1, 0.15) is 19.8 Å². The second-order valence-corrected chi connectivity index (χ2v) is 3.59. The number of hydrogen-bond donors (Lipinski definition) is 1. The minimum absolute atomic E-state index is 0.808. The van der Waals surface area contributed by atoms with Crippen molar-refractivity contribution in [3.8, 4) is 0 Å². The normalized spacial score (nSPS) is 10.4. The molecule has 2 nitrogen and oxygen atoms in total. The molecule has 0 atom stereocenters. The first-order valence-electron chi connectivity index (χ1n) is 4.27. The van der Waals surface area contributed by atoms with Crippen LogP contribution in [0.15, 0.2) is 0 Å². The summed E-state index contributed by atoms with van der Waals surface area (Å²) in [6.45, 7) is 4.73. The fraction of sp³-hybridized carbons (Fsp3) is 1.00. The van der Waals surface area contributed by atoms with Crippen LogP contribution < -0.4 is 5.73 Å². The molecule has 0 saturated carbocycles.